The summed E-state index contributed by atoms with van der Waals surface area (Å²) < 4.78 is 16.5. The number of esters is 1. The van der Waals surface area contributed by atoms with E-state index in [9.17, 15) is 9.59 Å². The van der Waals surface area contributed by atoms with Crippen molar-refractivity contribution in [3.63, 3.8) is 0 Å². The van der Waals surface area contributed by atoms with E-state index in [4.69, 9.17) is 37.4 Å². The Morgan fingerprint density at radius 3 is 2.38 bits per heavy atom. The molecule has 1 aromatic heterocycles. The number of hydrazone groups is 1. The molecule has 40 heavy (non-hydrogen) atoms. The Kier molecular flexibility index (Phi) is 13.0. The monoisotopic (exact) mass is 571 g/mol. The van der Waals surface area contributed by atoms with Crippen LogP contribution in [-0.2, 0) is 27.2 Å². The van der Waals surface area contributed by atoms with Crippen LogP contribution in [0.25, 0.3) is 11.1 Å². The second kappa shape index (κ2) is 16.1. The summed E-state index contributed by atoms with van der Waals surface area (Å²) in [5.41, 5.74) is 9.50. The summed E-state index contributed by atoms with van der Waals surface area (Å²) in [5, 5.41) is 3.64. The zero-order valence-corrected chi connectivity index (χ0v) is 24.4. The Balaban J connectivity index is 0.00000274. The molecule has 0 atom stereocenters. The molecule has 3 aromatic rings. The lowest BCUT2D eigenvalue weighted by molar-refractivity contribution is -0.0349. The first kappa shape index (κ1) is 32.2. The lowest BCUT2D eigenvalue weighted by Crippen LogP contribution is -2.19. The summed E-state index contributed by atoms with van der Waals surface area (Å²) in [7, 11) is 0. The number of rotatable bonds is 11. The van der Waals surface area contributed by atoms with Crippen molar-refractivity contribution in [1.29, 1.82) is 0 Å². The van der Waals surface area contributed by atoms with Gasteiger partial charge >= 0.3 is 12.1 Å². The molecule has 216 valence electrons. The number of unbranched alkanes of at least 4 members (excludes halogenated alkanes) is 1. The Morgan fingerprint density at radius 1 is 1.07 bits per heavy atom. The number of ether oxygens (including phenoxy) is 3. The van der Waals surface area contributed by atoms with Crippen LogP contribution in [0.15, 0.2) is 53.6 Å². The molecule has 4 N–H and O–H groups in total. The molecule has 2 aromatic carbocycles. The van der Waals surface area contributed by atoms with Crippen LogP contribution in [0.1, 0.15) is 74.9 Å². The van der Waals surface area contributed by atoms with Crippen molar-refractivity contribution in [1.82, 2.24) is 9.55 Å². The van der Waals surface area contributed by atoms with Crippen LogP contribution in [0.2, 0.25) is 5.15 Å². The predicted octanol–water partition coefficient (Wildman–Crippen LogP) is 5.88. The first-order valence-electron chi connectivity index (χ1n) is 13.2. The zero-order chi connectivity index (χ0) is 29.7. The fourth-order valence-corrected chi connectivity index (χ4v) is 4.06. The van der Waals surface area contributed by atoms with Crippen LogP contribution < -0.4 is 11.6 Å². The minimum absolute atomic E-state index is 0.0213. The van der Waals surface area contributed by atoms with E-state index in [0.717, 1.165) is 35.1 Å². The summed E-state index contributed by atoms with van der Waals surface area (Å²) in [5.74, 6) is 5.53. The molecule has 0 fully saturated rings. The van der Waals surface area contributed by atoms with Gasteiger partial charge in [0.25, 0.3) is 0 Å². The van der Waals surface area contributed by atoms with Crippen LogP contribution >= 0.6 is 11.6 Å². The van der Waals surface area contributed by atoms with E-state index in [-0.39, 0.29) is 22.8 Å². The van der Waals surface area contributed by atoms with Crippen molar-refractivity contribution >= 4 is 29.6 Å². The molecule has 0 unspecified atom stereocenters. The van der Waals surface area contributed by atoms with Gasteiger partial charge in [-0.15, -0.1) is 0 Å². The first-order valence-corrected chi connectivity index (χ1v) is 13.6. The van der Waals surface area contributed by atoms with E-state index in [2.05, 4.69) is 17.0 Å². The molecule has 0 radical (unpaired) electrons. The molecule has 0 aliphatic rings. The highest BCUT2D eigenvalue weighted by Crippen LogP contribution is 2.26. The smallest absolute Gasteiger partial charge is 0.431 e. The highest BCUT2D eigenvalue weighted by Gasteiger charge is 2.24. The molecular formula is C29H38ClN5O5. The second-order valence-electron chi connectivity index (χ2n) is 8.72. The van der Waals surface area contributed by atoms with Gasteiger partial charge in [-0.25, -0.2) is 14.6 Å². The van der Waals surface area contributed by atoms with Gasteiger partial charge in [0.1, 0.15) is 5.82 Å². The summed E-state index contributed by atoms with van der Waals surface area (Å²) in [6.45, 7) is 9.14. The maximum absolute atomic E-state index is 12.9. The maximum Gasteiger partial charge on any atom is 0.511 e. The normalized spacial score (nSPS) is 11.0. The van der Waals surface area contributed by atoms with Gasteiger partial charge in [0.2, 0.25) is 6.79 Å². The van der Waals surface area contributed by atoms with E-state index in [1.54, 1.807) is 18.4 Å². The maximum atomic E-state index is 12.9. The Bertz CT molecular complexity index is 1290. The first-order chi connectivity index (χ1) is 19.2. The van der Waals surface area contributed by atoms with Gasteiger partial charge in [0.05, 0.1) is 6.10 Å². The van der Waals surface area contributed by atoms with Crippen molar-refractivity contribution in [2.24, 2.45) is 16.7 Å². The van der Waals surface area contributed by atoms with Crippen LogP contribution in [-0.4, -0.2) is 40.4 Å². The molecule has 1 heterocycles. The van der Waals surface area contributed by atoms with Crippen LogP contribution in [0, 0.1) is 0 Å². The minimum atomic E-state index is -0.933. The average molecular weight is 572 g/mol. The lowest BCUT2D eigenvalue weighted by atomic mass is 9.98. The summed E-state index contributed by atoms with van der Waals surface area (Å²) in [6.07, 6.45) is 1.15. The zero-order valence-electron chi connectivity index (χ0n) is 23.6. The SMILES string of the molecule is CC.CCCCc1nc(Cl)c(C(=O)OCOC(=O)OC(C)C)n1Cc1ccc(-c2ccccc2/C(N)=N/N)cc1. The number of carbonyl (C=O) groups is 2. The van der Waals surface area contributed by atoms with Gasteiger partial charge in [-0.3, -0.25) is 0 Å². The average Bonchev–Trinajstić information content (AvgIpc) is 3.26. The molecule has 0 amide bonds. The summed E-state index contributed by atoms with van der Waals surface area (Å²) in [4.78, 5) is 28.9. The predicted molar refractivity (Wildman–Crippen MR) is 156 cm³/mol. The number of halogens is 1. The number of aryl methyl sites for hydroxylation is 1. The van der Waals surface area contributed by atoms with Crippen molar-refractivity contribution in [2.75, 3.05) is 6.79 Å². The number of imidazole rings is 1. The van der Waals surface area contributed by atoms with Crippen LogP contribution in [0.3, 0.4) is 0 Å². The van der Waals surface area contributed by atoms with E-state index >= 15 is 0 Å². The summed E-state index contributed by atoms with van der Waals surface area (Å²) >= 11 is 6.37. The second-order valence-corrected chi connectivity index (χ2v) is 9.08. The largest absolute Gasteiger partial charge is 0.511 e. The van der Waals surface area contributed by atoms with Crippen molar-refractivity contribution < 1.29 is 23.8 Å². The molecule has 0 saturated heterocycles. The molecule has 10 nitrogen and oxygen atoms in total. The third-order valence-electron chi connectivity index (χ3n) is 5.60. The molecule has 3 rings (SSSR count). The molecule has 0 spiro atoms. The minimum Gasteiger partial charge on any atom is -0.431 e. The summed E-state index contributed by atoms with van der Waals surface area (Å²) in [6, 6.07) is 15.4. The van der Waals surface area contributed by atoms with Crippen molar-refractivity contribution in [2.45, 2.75) is 66.5 Å². The van der Waals surface area contributed by atoms with Gasteiger partial charge in [0.15, 0.2) is 16.7 Å². The Labute approximate surface area is 240 Å². The number of benzene rings is 2. The fourth-order valence-electron chi connectivity index (χ4n) is 3.78. The van der Waals surface area contributed by atoms with E-state index in [0.29, 0.717) is 18.8 Å². The van der Waals surface area contributed by atoms with Crippen molar-refractivity contribution in [3.05, 3.63) is 76.3 Å². The fraction of sp³-hybridized carbons (Fsp3) is 0.379. The van der Waals surface area contributed by atoms with E-state index in [1.165, 1.54) is 0 Å². The van der Waals surface area contributed by atoms with Crippen molar-refractivity contribution in [3.8, 4) is 11.1 Å². The number of carbonyl (C=O) groups excluding carboxylic acids is 2. The lowest BCUT2D eigenvalue weighted by Gasteiger charge is -2.14. The van der Waals surface area contributed by atoms with Gasteiger partial charge in [0, 0.05) is 18.5 Å². The third kappa shape index (κ3) is 8.74. The number of nitrogens with zero attached hydrogens (tertiary/aromatic N) is 3. The van der Waals surface area contributed by atoms with Gasteiger partial charge in [-0.05, 0) is 37.0 Å². The van der Waals surface area contributed by atoms with E-state index in [1.807, 2.05) is 62.4 Å². The van der Waals surface area contributed by atoms with Gasteiger partial charge in [-0.2, -0.15) is 5.10 Å². The molecule has 0 saturated carbocycles. The van der Waals surface area contributed by atoms with Crippen LogP contribution in [0.4, 0.5) is 4.79 Å². The Morgan fingerprint density at radius 2 is 1.75 bits per heavy atom. The highest BCUT2D eigenvalue weighted by atomic mass is 35.5. The highest BCUT2D eigenvalue weighted by molar-refractivity contribution is 6.32. The van der Waals surface area contributed by atoms with Gasteiger partial charge in [-0.1, -0.05) is 87.3 Å². The standard InChI is InChI=1S/C27H32ClN5O5.C2H6/c1-4-5-10-22-31-24(28)23(26(34)36-16-37-27(35)38-17(2)3)33(22)15-18-11-13-19(14-12-18)20-8-6-7-9-21(20)25(29)32-30;1-2/h6-9,11-14,17H,4-5,10,15-16,30H2,1-3H3,(H2,29,32);1-2H3. The molecule has 11 heteroatoms. The molecule has 0 aliphatic heterocycles. The topological polar surface area (TPSA) is 144 Å². The number of nitrogens with two attached hydrogens (primary N) is 2. The Hall–Kier alpha value is -4.05. The van der Waals surface area contributed by atoms with Crippen LogP contribution in [0.5, 0.6) is 0 Å². The number of amidine groups is 1. The molecule has 0 aliphatic carbocycles. The third-order valence-corrected chi connectivity index (χ3v) is 5.86. The molecular weight excluding hydrogens is 534 g/mol. The van der Waals surface area contributed by atoms with E-state index < -0.39 is 18.9 Å². The quantitative estimate of drug-likeness (QED) is 0.0725. The number of hydrogen-bond acceptors (Lipinski definition) is 8. The molecule has 0 bridgehead atoms. The number of hydrogen-bond donors (Lipinski definition) is 2. The van der Waals surface area contributed by atoms with Gasteiger partial charge < -0.3 is 30.4 Å². The number of aromatic nitrogens is 2.